The Labute approximate surface area is 177 Å². The second-order valence-electron chi connectivity index (χ2n) is 9.93. The molecule has 0 saturated heterocycles. The molecule has 0 radical (unpaired) electrons. The highest BCUT2D eigenvalue weighted by atomic mass is 32.1. The molecule has 0 spiro atoms. The van der Waals surface area contributed by atoms with E-state index in [-0.39, 0.29) is 11.3 Å². The van der Waals surface area contributed by atoms with E-state index in [9.17, 15) is 10.1 Å². The first-order chi connectivity index (χ1) is 13.9. The Hall–Kier alpha value is -2.12. The Morgan fingerprint density at radius 2 is 1.79 bits per heavy atom. The molecule has 4 saturated carbocycles. The second-order valence-corrected chi connectivity index (χ2v) is 10.8. The third-order valence-corrected chi connectivity index (χ3v) is 8.44. The van der Waals surface area contributed by atoms with Gasteiger partial charge < -0.3 is 5.32 Å². The summed E-state index contributed by atoms with van der Waals surface area (Å²) in [6.45, 7) is 4.13. The van der Waals surface area contributed by atoms with E-state index in [1.807, 2.05) is 5.38 Å². The van der Waals surface area contributed by atoms with Crippen molar-refractivity contribution in [3.8, 4) is 17.2 Å². The van der Waals surface area contributed by atoms with E-state index in [2.05, 4.69) is 43.4 Å². The molecule has 0 unspecified atom stereocenters. The zero-order valence-corrected chi connectivity index (χ0v) is 18.1. The number of carbonyl (C=O) groups excluding carboxylic acids is 1. The van der Waals surface area contributed by atoms with Crippen LogP contribution in [0.3, 0.4) is 0 Å². The zero-order valence-electron chi connectivity index (χ0n) is 17.3. The smallest absolute Gasteiger partial charge is 0.225 e. The number of nitrogens with zero attached hydrogens (tertiary/aromatic N) is 1. The molecule has 4 fully saturated rings. The van der Waals surface area contributed by atoms with Gasteiger partial charge >= 0.3 is 0 Å². The van der Waals surface area contributed by atoms with Crippen LogP contribution < -0.4 is 5.32 Å². The maximum absolute atomic E-state index is 13.0. The Bertz CT molecular complexity index is 977. The molecular weight excluding hydrogens is 376 g/mol. The number of nitriles is 1. The van der Waals surface area contributed by atoms with Gasteiger partial charge in [-0.2, -0.15) is 5.26 Å². The molecule has 29 heavy (non-hydrogen) atoms. The van der Waals surface area contributed by atoms with Gasteiger partial charge in [-0.05, 0) is 86.7 Å². The highest BCUT2D eigenvalue weighted by Gasteiger charge is 2.51. The minimum atomic E-state index is 0.0952. The predicted octanol–water partition coefficient (Wildman–Crippen LogP) is 6.45. The van der Waals surface area contributed by atoms with Crippen molar-refractivity contribution in [1.29, 1.82) is 5.26 Å². The van der Waals surface area contributed by atoms with Crippen molar-refractivity contribution in [2.24, 2.45) is 23.2 Å². The van der Waals surface area contributed by atoms with E-state index < -0.39 is 0 Å². The lowest BCUT2D eigenvalue weighted by Gasteiger charge is -2.56. The first-order valence-corrected chi connectivity index (χ1v) is 11.7. The van der Waals surface area contributed by atoms with Crippen LogP contribution in [0.25, 0.3) is 11.1 Å². The molecule has 1 amide bonds. The zero-order chi connectivity index (χ0) is 20.2. The number of nitrogens with one attached hydrogen (secondary N) is 1. The average Bonchev–Trinajstić information content (AvgIpc) is 3.04. The van der Waals surface area contributed by atoms with Crippen LogP contribution in [0.5, 0.6) is 0 Å². The third kappa shape index (κ3) is 3.40. The summed E-state index contributed by atoms with van der Waals surface area (Å²) >= 11 is 1.48. The quantitative estimate of drug-likeness (QED) is 0.637. The van der Waals surface area contributed by atoms with Crippen molar-refractivity contribution in [3.05, 3.63) is 40.3 Å². The van der Waals surface area contributed by atoms with Gasteiger partial charge in [-0.1, -0.05) is 23.8 Å². The molecule has 6 rings (SSSR count). The SMILES string of the molecule is Cc1ccc(C)c(-c2csc(NC(=O)CC34CC5CC(CC(C5)C3)C4)c2C#N)c1. The molecule has 4 aliphatic rings. The largest absolute Gasteiger partial charge is 0.317 e. The topological polar surface area (TPSA) is 52.9 Å². The normalized spacial score (nSPS) is 29.6. The predicted molar refractivity (Wildman–Crippen MR) is 118 cm³/mol. The molecule has 4 aliphatic carbocycles. The maximum atomic E-state index is 13.0. The van der Waals surface area contributed by atoms with Crippen molar-refractivity contribution >= 4 is 22.2 Å². The van der Waals surface area contributed by atoms with Gasteiger partial charge in [0, 0.05) is 17.4 Å². The summed E-state index contributed by atoms with van der Waals surface area (Å²) in [6, 6.07) is 8.65. The number of rotatable bonds is 4. The second kappa shape index (κ2) is 6.99. The van der Waals surface area contributed by atoms with Crippen LogP contribution in [0, 0.1) is 48.3 Å². The molecule has 3 nitrogen and oxygen atoms in total. The van der Waals surface area contributed by atoms with Gasteiger partial charge in [-0.15, -0.1) is 11.3 Å². The Morgan fingerprint density at radius 1 is 1.14 bits per heavy atom. The van der Waals surface area contributed by atoms with Gasteiger partial charge in [0.1, 0.15) is 11.1 Å². The van der Waals surface area contributed by atoms with Crippen molar-refractivity contribution in [2.75, 3.05) is 5.32 Å². The molecule has 1 N–H and O–H groups in total. The standard InChI is InChI=1S/C25H28N2OS/c1-15-3-4-16(2)20(5-15)22-14-29-24(21(22)13-26)27-23(28)12-25-9-17-6-18(10-25)8-19(7-17)11-25/h3-5,14,17-19H,6-12H2,1-2H3,(H,27,28). The summed E-state index contributed by atoms with van der Waals surface area (Å²) in [5, 5.41) is 15.7. The summed E-state index contributed by atoms with van der Waals surface area (Å²) in [7, 11) is 0. The molecule has 1 aromatic carbocycles. The Kier molecular flexibility index (Phi) is 4.55. The molecule has 2 aromatic rings. The van der Waals surface area contributed by atoms with E-state index in [1.54, 1.807) is 0 Å². The fourth-order valence-electron chi connectivity index (χ4n) is 6.80. The highest BCUT2D eigenvalue weighted by Crippen LogP contribution is 2.61. The van der Waals surface area contributed by atoms with E-state index in [4.69, 9.17) is 0 Å². The number of amides is 1. The minimum Gasteiger partial charge on any atom is -0.317 e. The first kappa shape index (κ1) is 18.9. The molecule has 1 heterocycles. The number of hydrogen-bond acceptors (Lipinski definition) is 3. The summed E-state index contributed by atoms with van der Waals surface area (Å²) in [5.74, 6) is 2.64. The summed E-state index contributed by atoms with van der Waals surface area (Å²) in [4.78, 5) is 13.0. The first-order valence-electron chi connectivity index (χ1n) is 10.8. The van der Waals surface area contributed by atoms with E-state index in [1.165, 1.54) is 55.4 Å². The number of anilines is 1. The van der Waals surface area contributed by atoms with Crippen LogP contribution in [0.15, 0.2) is 23.6 Å². The number of benzene rings is 1. The molecule has 4 heteroatoms. The molecule has 4 bridgehead atoms. The fraction of sp³-hybridized carbons (Fsp3) is 0.520. The monoisotopic (exact) mass is 404 g/mol. The Balaban J connectivity index is 1.36. The fourth-order valence-corrected chi connectivity index (χ4v) is 7.73. The molecular formula is C25H28N2OS. The molecule has 150 valence electrons. The number of carbonyl (C=O) groups is 1. The average molecular weight is 405 g/mol. The van der Waals surface area contributed by atoms with E-state index in [0.717, 1.165) is 34.4 Å². The molecule has 1 aromatic heterocycles. The van der Waals surface area contributed by atoms with E-state index >= 15 is 0 Å². The molecule has 0 atom stereocenters. The van der Waals surface area contributed by atoms with Crippen LogP contribution in [0.1, 0.15) is 61.6 Å². The van der Waals surface area contributed by atoms with Gasteiger partial charge in [0.05, 0.1) is 5.56 Å². The summed E-state index contributed by atoms with van der Waals surface area (Å²) in [6.07, 6.45) is 8.50. The minimum absolute atomic E-state index is 0.0952. The van der Waals surface area contributed by atoms with Gasteiger partial charge in [-0.3, -0.25) is 4.79 Å². The number of hydrogen-bond donors (Lipinski definition) is 1. The Morgan fingerprint density at radius 3 is 2.41 bits per heavy atom. The van der Waals surface area contributed by atoms with Crippen LogP contribution in [-0.4, -0.2) is 5.91 Å². The number of thiophene rings is 1. The summed E-state index contributed by atoms with van der Waals surface area (Å²) < 4.78 is 0. The van der Waals surface area contributed by atoms with Gasteiger partial charge in [0.25, 0.3) is 0 Å². The lowest BCUT2D eigenvalue weighted by Crippen LogP contribution is -2.47. The highest BCUT2D eigenvalue weighted by molar-refractivity contribution is 7.15. The van der Waals surface area contributed by atoms with Gasteiger partial charge in [-0.25, -0.2) is 0 Å². The molecule has 0 aliphatic heterocycles. The van der Waals surface area contributed by atoms with Crippen molar-refractivity contribution in [3.63, 3.8) is 0 Å². The van der Waals surface area contributed by atoms with Gasteiger partial charge in [0.15, 0.2) is 0 Å². The van der Waals surface area contributed by atoms with Crippen LogP contribution in [0.2, 0.25) is 0 Å². The maximum Gasteiger partial charge on any atom is 0.225 e. The van der Waals surface area contributed by atoms with Crippen LogP contribution in [0.4, 0.5) is 5.00 Å². The van der Waals surface area contributed by atoms with Crippen molar-refractivity contribution in [2.45, 2.75) is 58.8 Å². The lowest BCUT2D eigenvalue weighted by atomic mass is 9.49. The van der Waals surface area contributed by atoms with Gasteiger partial charge in [0.2, 0.25) is 5.91 Å². The number of aryl methyl sites for hydroxylation is 2. The lowest BCUT2D eigenvalue weighted by molar-refractivity contribution is -0.124. The van der Waals surface area contributed by atoms with Crippen molar-refractivity contribution in [1.82, 2.24) is 0 Å². The van der Waals surface area contributed by atoms with Crippen LogP contribution >= 0.6 is 11.3 Å². The van der Waals surface area contributed by atoms with Crippen LogP contribution in [-0.2, 0) is 4.79 Å². The summed E-state index contributed by atoms with van der Waals surface area (Å²) in [5.41, 5.74) is 5.16. The van der Waals surface area contributed by atoms with E-state index in [0.29, 0.717) is 17.0 Å². The third-order valence-electron chi connectivity index (χ3n) is 7.54. The van der Waals surface area contributed by atoms with Crippen molar-refractivity contribution < 1.29 is 4.79 Å².